The molecule has 0 amide bonds. The quantitative estimate of drug-likeness (QED) is 0.581. The van der Waals surface area contributed by atoms with E-state index in [0.717, 1.165) is 19.8 Å². The van der Waals surface area contributed by atoms with Crippen LogP contribution >= 0.6 is 0 Å². The summed E-state index contributed by atoms with van der Waals surface area (Å²) in [5.41, 5.74) is 5.99. The largest absolute Gasteiger partial charge is 0.381 e. The Morgan fingerprint density at radius 1 is 1.25 bits per heavy atom. The molecule has 98 valence electrons. The summed E-state index contributed by atoms with van der Waals surface area (Å²) in [6.45, 7) is 11.6. The van der Waals surface area contributed by atoms with E-state index in [1.54, 1.807) is 0 Å². The molecule has 0 aliphatic heterocycles. The molecule has 0 spiro atoms. The van der Waals surface area contributed by atoms with Gasteiger partial charge in [0.2, 0.25) is 0 Å². The van der Waals surface area contributed by atoms with Crippen LogP contribution in [0.2, 0.25) is 0 Å². The molecule has 2 nitrogen and oxygen atoms in total. The van der Waals surface area contributed by atoms with Crippen LogP contribution in [0.15, 0.2) is 0 Å². The van der Waals surface area contributed by atoms with Crippen LogP contribution < -0.4 is 5.73 Å². The second-order valence-electron chi connectivity index (χ2n) is 5.79. The first-order valence-electron chi connectivity index (χ1n) is 6.79. The molecule has 0 heterocycles. The minimum absolute atomic E-state index is 0.301. The van der Waals surface area contributed by atoms with Gasteiger partial charge in [0.05, 0.1) is 0 Å². The van der Waals surface area contributed by atoms with Crippen molar-refractivity contribution in [1.29, 1.82) is 0 Å². The Bertz CT molecular complexity index is 157. The Hall–Kier alpha value is -0.0800. The first-order chi connectivity index (χ1) is 7.52. The van der Waals surface area contributed by atoms with Crippen molar-refractivity contribution in [2.24, 2.45) is 17.1 Å². The lowest BCUT2D eigenvalue weighted by Gasteiger charge is -2.21. The van der Waals surface area contributed by atoms with Gasteiger partial charge in [0, 0.05) is 13.2 Å². The zero-order valence-electron chi connectivity index (χ0n) is 11.7. The van der Waals surface area contributed by atoms with E-state index in [1.165, 1.54) is 32.1 Å². The van der Waals surface area contributed by atoms with Gasteiger partial charge in [0.15, 0.2) is 0 Å². The van der Waals surface area contributed by atoms with Crippen molar-refractivity contribution in [3.63, 3.8) is 0 Å². The van der Waals surface area contributed by atoms with Crippen LogP contribution in [0.25, 0.3) is 0 Å². The lowest BCUT2D eigenvalue weighted by molar-refractivity contribution is 0.0966. The monoisotopic (exact) mass is 229 g/mol. The van der Waals surface area contributed by atoms with Crippen molar-refractivity contribution in [2.45, 2.75) is 59.8 Å². The normalized spacial score (nSPS) is 14.1. The molecular formula is C14H31NO. The summed E-state index contributed by atoms with van der Waals surface area (Å²) < 4.78 is 5.67. The fourth-order valence-corrected chi connectivity index (χ4v) is 1.77. The van der Waals surface area contributed by atoms with Gasteiger partial charge in [-0.15, -0.1) is 0 Å². The molecule has 2 heteroatoms. The highest BCUT2D eigenvalue weighted by atomic mass is 16.5. The lowest BCUT2D eigenvalue weighted by atomic mass is 9.87. The van der Waals surface area contributed by atoms with Crippen LogP contribution in [0, 0.1) is 11.3 Å². The van der Waals surface area contributed by atoms with Crippen molar-refractivity contribution in [3.05, 3.63) is 0 Å². The van der Waals surface area contributed by atoms with Gasteiger partial charge in [0.25, 0.3) is 0 Å². The topological polar surface area (TPSA) is 35.2 Å². The van der Waals surface area contributed by atoms with E-state index >= 15 is 0 Å². The molecule has 0 aromatic heterocycles. The van der Waals surface area contributed by atoms with E-state index in [9.17, 15) is 0 Å². The number of hydrogen-bond donors (Lipinski definition) is 1. The minimum Gasteiger partial charge on any atom is -0.381 e. The predicted octanol–water partition coefficient (Wildman–Crippen LogP) is 3.59. The molecule has 0 radical (unpaired) electrons. The van der Waals surface area contributed by atoms with Crippen molar-refractivity contribution in [3.8, 4) is 0 Å². The summed E-state index contributed by atoms with van der Waals surface area (Å²) in [6, 6.07) is 0. The zero-order chi connectivity index (χ0) is 12.4. The van der Waals surface area contributed by atoms with Gasteiger partial charge in [-0.25, -0.2) is 0 Å². The third-order valence-electron chi connectivity index (χ3n) is 3.13. The van der Waals surface area contributed by atoms with E-state index in [4.69, 9.17) is 10.5 Å². The maximum atomic E-state index is 5.69. The molecule has 0 aromatic carbocycles. The predicted molar refractivity (Wildman–Crippen MR) is 71.6 cm³/mol. The van der Waals surface area contributed by atoms with Crippen LogP contribution in [0.1, 0.15) is 59.8 Å². The van der Waals surface area contributed by atoms with Crippen molar-refractivity contribution >= 4 is 0 Å². The lowest BCUT2D eigenvalue weighted by Crippen LogP contribution is -2.23. The van der Waals surface area contributed by atoms with E-state index in [1.807, 2.05) is 0 Å². The average Bonchev–Trinajstić information content (AvgIpc) is 2.23. The Morgan fingerprint density at radius 3 is 2.50 bits per heavy atom. The molecule has 0 fully saturated rings. The third kappa shape index (κ3) is 9.17. The molecule has 0 bridgehead atoms. The number of nitrogens with two attached hydrogens (primary N) is 1. The van der Waals surface area contributed by atoms with Crippen molar-refractivity contribution in [2.75, 3.05) is 19.8 Å². The van der Waals surface area contributed by atoms with Gasteiger partial charge in [-0.1, -0.05) is 40.5 Å². The molecule has 2 N–H and O–H groups in total. The second kappa shape index (κ2) is 9.00. The highest BCUT2D eigenvalue weighted by Crippen LogP contribution is 2.21. The number of ether oxygens (including phenoxy) is 1. The van der Waals surface area contributed by atoms with Gasteiger partial charge in [-0.2, -0.15) is 0 Å². The molecule has 0 saturated heterocycles. The Morgan fingerprint density at radius 2 is 1.94 bits per heavy atom. The number of unbranched alkanes of at least 4 members (excludes halogenated alkanes) is 1. The fraction of sp³-hybridized carbons (Fsp3) is 1.00. The number of hydrogen-bond acceptors (Lipinski definition) is 2. The summed E-state index contributed by atoms with van der Waals surface area (Å²) in [4.78, 5) is 0. The average molecular weight is 229 g/mol. The van der Waals surface area contributed by atoms with E-state index in [0.29, 0.717) is 11.3 Å². The van der Waals surface area contributed by atoms with Crippen LogP contribution in [0.4, 0.5) is 0 Å². The van der Waals surface area contributed by atoms with Crippen LogP contribution in [-0.2, 0) is 4.74 Å². The zero-order valence-corrected chi connectivity index (χ0v) is 11.7. The summed E-state index contributed by atoms with van der Waals surface area (Å²) in [5.74, 6) is 0.713. The molecule has 0 aliphatic carbocycles. The first kappa shape index (κ1) is 15.9. The molecule has 0 saturated carbocycles. The molecule has 16 heavy (non-hydrogen) atoms. The standard InChI is InChI=1S/C14H31NO/c1-5-8-13(2)11-16-10-7-6-9-14(3,4)12-15/h13H,5-12,15H2,1-4H3. The molecule has 0 rings (SSSR count). The van der Waals surface area contributed by atoms with Crippen molar-refractivity contribution < 1.29 is 4.74 Å². The van der Waals surface area contributed by atoms with E-state index in [-0.39, 0.29) is 0 Å². The smallest absolute Gasteiger partial charge is 0.0491 e. The molecule has 0 aromatic rings. The molecule has 0 aliphatic rings. The summed E-state index contributed by atoms with van der Waals surface area (Å²) in [6.07, 6.45) is 6.14. The van der Waals surface area contributed by atoms with E-state index in [2.05, 4.69) is 27.7 Å². The molecule has 1 atom stereocenters. The second-order valence-corrected chi connectivity index (χ2v) is 5.79. The first-order valence-corrected chi connectivity index (χ1v) is 6.79. The number of rotatable bonds is 10. The minimum atomic E-state index is 0.301. The van der Waals surface area contributed by atoms with Crippen LogP contribution in [-0.4, -0.2) is 19.8 Å². The van der Waals surface area contributed by atoms with E-state index < -0.39 is 0 Å². The maximum absolute atomic E-state index is 5.69. The summed E-state index contributed by atoms with van der Waals surface area (Å²) in [5, 5.41) is 0. The van der Waals surface area contributed by atoms with Gasteiger partial charge in [0.1, 0.15) is 0 Å². The molecular weight excluding hydrogens is 198 g/mol. The highest BCUT2D eigenvalue weighted by molar-refractivity contribution is 4.68. The Kier molecular flexibility index (Phi) is 8.96. The maximum Gasteiger partial charge on any atom is 0.0491 e. The third-order valence-corrected chi connectivity index (χ3v) is 3.13. The highest BCUT2D eigenvalue weighted by Gasteiger charge is 2.14. The SMILES string of the molecule is CCCC(C)COCCCCC(C)(C)CN. The van der Waals surface area contributed by atoms with Crippen LogP contribution in [0.5, 0.6) is 0 Å². The Labute approximate surface area is 102 Å². The molecule has 1 unspecified atom stereocenters. The van der Waals surface area contributed by atoms with Gasteiger partial charge in [-0.3, -0.25) is 0 Å². The summed E-state index contributed by atoms with van der Waals surface area (Å²) >= 11 is 0. The van der Waals surface area contributed by atoms with Gasteiger partial charge >= 0.3 is 0 Å². The fourth-order valence-electron chi connectivity index (χ4n) is 1.77. The summed E-state index contributed by atoms with van der Waals surface area (Å²) in [7, 11) is 0. The van der Waals surface area contributed by atoms with Gasteiger partial charge in [-0.05, 0) is 37.1 Å². The van der Waals surface area contributed by atoms with Crippen molar-refractivity contribution in [1.82, 2.24) is 0 Å². The van der Waals surface area contributed by atoms with Crippen LogP contribution in [0.3, 0.4) is 0 Å². The van der Waals surface area contributed by atoms with Gasteiger partial charge < -0.3 is 10.5 Å². The Balaban J connectivity index is 3.28.